The van der Waals surface area contributed by atoms with Crippen LogP contribution in [0.25, 0.3) is 0 Å². The summed E-state index contributed by atoms with van der Waals surface area (Å²) in [7, 11) is 1.83. The van der Waals surface area contributed by atoms with Gasteiger partial charge in [-0.3, -0.25) is 0 Å². The maximum Gasteiger partial charge on any atom is 0.122 e. The molecule has 0 aliphatic carbocycles. The normalized spacial score (nSPS) is 20.8. The van der Waals surface area contributed by atoms with E-state index in [9.17, 15) is 0 Å². The first-order chi connectivity index (χ1) is 4.22. The lowest BCUT2D eigenvalue weighted by molar-refractivity contribution is 0.0526. The number of ether oxygens (including phenoxy) is 1. The molecule has 1 heterocycles. The summed E-state index contributed by atoms with van der Waals surface area (Å²) in [6, 6.07) is 0. The van der Waals surface area contributed by atoms with Gasteiger partial charge in [0.25, 0.3) is 0 Å². The fourth-order valence-corrected chi connectivity index (χ4v) is 0.681. The zero-order valence-electron chi connectivity index (χ0n) is 5.42. The third kappa shape index (κ3) is 1.08. The fourth-order valence-electron chi connectivity index (χ4n) is 0.681. The monoisotopic (exact) mass is 129 g/mol. The van der Waals surface area contributed by atoms with Gasteiger partial charge in [-0.15, -0.1) is 0 Å². The van der Waals surface area contributed by atoms with Crippen molar-refractivity contribution in [1.29, 1.82) is 0 Å². The molecule has 1 aliphatic rings. The van der Waals surface area contributed by atoms with Crippen LogP contribution in [0.4, 0.5) is 0 Å². The van der Waals surface area contributed by atoms with Crippen molar-refractivity contribution < 1.29 is 4.74 Å². The molecule has 4 heteroatoms. The van der Waals surface area contributed by atoms with E-state index in [0.29, 0.717) is 24.9 Å². The molecule has 4 N–H and O–H groups in total. The number of hydrogen-bond donors (Lipinski definition) is 2. The Kier molecular flexibility index (Phi) is 1.48. The molecule has 0 spiro atoms. The van der Waals surface area contributed by atoms with Crippen molar-refractivity contribution >= 4 is 0 Å². The maximum absolute atomic E-state index is 5.52. The Morgan fingerprint density at radius 1 is 1.56 bits per heavy atom. The van der Waals surface area contributed by atoms with E-state index >= 15 is 0 Å². The second-order valence-corrected chi connectivity index (χ2v) is 2.09. The van der Waals surface area contributed by atoms with E-state index in [0.717, 1.165) is 0 Å². The van der Waals surface area contributed by atoms with Crippen LogP contribution in [0, 0.1) is 0 Å². The molecule has 0 radical (unpaired) electrons. The van der Waals surface area contributed by atoms with Gasteiger partial charge in [0.15, 0.2) is 0 Å². The quantitative estimate of drug-likeness (QED) is 0.440. The largest absolute Gasteiger partial charge is 0.397 e. The summed E-state index contributed by atoms with van der Waals surface area (Å²) in [5.41, 5.74) is 11.6. The average Bonchev–Trinajstić information content (AvgIpc) is 1.83. The molecule has 0 bridgehead atoms. The minimum Gasteiger partial charge on any atom is -0.397 e. The van der Waals surface area contributed by atoms with Gasteiger partial charge in [-0.2, -0.15) is 0 Å². The Morgan fingerprint density at radius 3 is 2.67 bits per heavy atom. The smallest absolute Gasteiger partial charge is 0.122 e. The molecule has 0 amide bonds. The van der Waals surface area contributed by atoms with E-state index in [1.165, 1.54) is 0 Å². The highest BCUT2D eigenvalue weighted by atomic mass is 16.5. The van der Waals surface area contributed by atoms with E-state index < -0.39 is 0 Å². The molecular formula is C5H11N3O. The van der Waals surface area contributed by atoms with Gasteiger partial charge in [0.2, 0.25) is 0 Å². The van der Waals surface area contributed by atoms with Crippen LogP contribution in [0.15, 0.2) is 11.5 Å². The lowest BCUT2D eigenvalue weighted by Gasteiger charge is -2.25. The topological polar surface area (TPSA) is 64.5 Å². The summed E-state index contributed by atoms with van der Waals surface area (Å²) in [6.07, 6.45) is 0. The summed E-state index contributed by atoms with van der Waals surface area (Å²) in [5.74, 6) is 0.626. The Bertz CT molecular complexity index is 143. The van der Waals surface area contributed by atoms with Crippen molar-refractivity contribution in [1.82, 2.24) is 4.90 Å². The highest BCUT2D eigenvalue weighted by molar-refractivity contribution is 5.07. The van der Waals surface area contributed by atoms with Crippen LogP contribution in [-0.4, -0.2) is 25.3 Å². The number of nitrogens with two attached hydrogens (primary N) is 2. The van der Waals surface area contributed by atoms with Crippen LogP contribution in [0.2, 0.25) is 0 Å². The van der Waals surface area contributed by atoms with Crippen molar-refractivity contribution in [2.24, 2.45) is 11.5 Å². The number of rotatable bonds is 0. The zero-order valence-corrected chi connectivity index (χ0v) is 5.42. The van der Waals surface area contributed by atoms with Gasteiger partial charge in [-0.1, -0.05) is 0 Å². The van der Waals surface area contributed by atoms with Gasteiger partial charge in [0, 0.05) is 7.05 Å². The van der Waals surface area contributed by atoms with Crippen LogP contribution in [0.5, 0.6) is 0 Å². The maximum atomic E-state index is 5.52. The second-order valence-electron chi connectivity index (χ2n) is 2.09. The first-order valence-corrected chi connectivity index (χ1v) is 2.75. The second kappa shape index (κ2) is 2.14. The highest BCUT2D eigenvalue weighted by Crippen LogP contribution is 2.03. The third-order valence-electron chi connectivity index (χ3n) is 1.28. The lowest BCUT2D eigenvalue weighted by atomic mass is 10.4. The molecule has 1 aliphatic heterocycles. The van der Waals surface area contributed by atoms with Crippen LogP contribution in [-0.2, 0) is 4.74 Å². The van der Waals surface area contributed by atoms with Crippen LogP contribution >= 0.6 is 0 Å². The standard InChI is InChI=1S/C5H11N3O/c1-8-3-9-2-4(6)5(8)7/h2-3,6-7H2,1H3. The van der Waals surface area contributed by atoms with Gasteiger partial charge >= 0.3 is 0 Å². The Balaban J connectivity index is 2.72. The minimum atomic E-state index is 0.455. The van der Waals surface area contributed by atoms with Gasteiger partial charge in [-0.25, -0.2) is 0 Å². The van der Waals surface area contributed by atoms with Gasteiger partial charge in [0.1, 0.15) is 12.6 Å². The molecule has 0 saturated carbocycles. The molecule has 0 aromatic carbocycles. The summed E-state index contributed by atoms with van der Waals surface area (Å²) < 4.78 is 5.03. The molecule has 1 rings (SSSR count). The first kappa shape index (κ1) is 6.22. The summed E-state index contributed by atoms with van der Waals surface area (Å²) >= 11 is 0. The zero-order chi connectivity index (χ0) is 6.85. The van der Waals surface area contributed by atoms with Crippen molar-refractivity contribution in [2.45, 2.75) is 0 Å². The van der Waals surface area contributed by atoms with E-state index in [-0.39, 0.29) is 0 Å². The molecule has 52 valence electrons. The van der Waals surface area contributed by atoms with Crippen molar-refractivity contribution in [3.05, 3.63) is 11.5 Å². The van der Waals surface area contributed by atoms with E-state index in [4.69, 9.17) is 16.2 Å². The summed E-state index contributed by atoms with van der Waals surface area (Å²) in [5, 5.41) is 0. The molecule has 0 atom stereocenters. The Labute approximate surface area is 54.1 Å². The Hall–Kier alpha value is -0.900. The number of hydrogen-bond acceptors (Lipinski definition) is 4. The van der Waals surface area contributed by atoms with Crippen LogP contribution in [0.1, 0.15) is 0 Å². The summed E-state index contributed by atoms with van der Waals surface area (Å²) in [6.45, 7) is 0.989. The molecule has 0 unspecified atom stereocenters. The van der Waals surface area contributed by atoms with Gasteiger partial charge in [0.05, 0.1) is 12.3 Å². The molecule has 9 heavy (non-hydrogen) atoms. The predicted octanol–water partition coefficient (Wildman–Crippen LogP) is -1.01. The predicted molar refractivity (Wildman–Crippen MR) is 34.0 cm³/mol. The molecule has 0 saturated heterocycles. The Morgan fingerprint density at radius 2 is 2.22 bits per heavy atom. The van der Waals surface area contributed by atoms with E-state index in [2.05, 4.69) is 0 Å². The average molecular weight is 129 g/mol. The summed E-state index contributed by atoms with van der Waals surface area (Å²) in [4.78, 5) is 1.76. The minimum absolute atomic E-state index is 0.455. The molecule has 4 nitrogen and oxygen atoms in total. The van der Waals surface area contributed by atoms with Crippen molar-refractivity contribution in [3.63, 3.8) is 0 Å². The molecule has 0 fully saturated rings. The van der Waals surface area contributed by atoms with Crippen molar-refractivity contribution in [2.75, 3.05) is 20.4 Å². The molecular weight excluding hydrogens is 118 g/mol. The van der Waals surface area contributed by atoms with E-state index in [1.54, 1.807) is 4.90 Å². The SMILES string of the molecule is CN1COCC(N)=C1N. The van der Waals surface area contributed by atoms with Gasteiger partial charge < -0.3 is 21.1 Å². The highest BCUT2D eigenvalue weighted by Gasteiger charge is 2.10. The third-order valence-corrected chi connectivity index (χ3v) is 1.28. The van der Waals surface area contributed by atoms with Crippen LogP contribution in [0.3, 0.4) is 0 Å². The van der Waals surface area contributed by atoms with Crippen molar-refractivity contribution in [3.8, 4) is 0 Å². The molecule has 0 aromatic heterocycles. The first-order valence-electron chi connectivity index (χ1n) is 2.75. The van der Waals surface area contributed by atoms with Crippen LogP contribution < -0.4 is 11.5 Å². The fraction of sp³-hybridized carbons (Fsp3) is 0.600. The lowest BCUT2D eigenvalue weighted by Crippen LogP contribution is -2.35. The number of nitrogens with zero attached hydrogens (tertiary/aromatic N) is 1. The van der Waals surface area contributed by atoms with Gasteiger partial charge in [-0.05, 0) is 0 Å². The van der Waals surface area contributed by atoms with E-state index in [1.807, 2.05) is 7.05 Å². The molecule has 0 aromatic rings.